The number of carbonyl (C=O) groups is 1. The highest BCUT2D eigenvalue weighted by atomic mass is 16.7. The predicted molar refractivity (Wildman–Crippen MR) is 88.6 cm³/mol. The van der Waals surface area contributed by atoms with Gasteiger partial charge in [0.25, 0.3) is 5.91 Å². The van der Waals surface area contributed by atoms with Crippen LogP contribution in [0.4, 0.5) is 0 Å². The van der Waals surface area contributed by atoms with Crippen LogP contribution in [0.3, 0.4) is 0 Å². The van der Waals surface area contributed by atoms with E-state index >= 15 is 0 Å². The lowest BCUT2D eigenvalue weighted by atomic mass is 10.2. The average Bonchev–Trinajstić information content (AvgIpc) is 3.06. The SMILES string of the molecule is CC(/C=C/c1ccccc1)=N\NC(=O)c1ccc2c(c1)OCO2. The zero-order valence-electron chi connectivity index (χ0n) is 12.7. The van der Waals surface area contributed by atoms with Crippen LogP contribution in [0.25, 0.3) is 6.08 Å². The Kier molecular flexibility index (Phi) is 4.38. The molecule has 1 amide bonds. The van der Waals surface area contributed by atoms with E-state index in [9.17, 15) is 4.79 Å². The molecular formula is C18H16N2O3. The van der Waals surface area contributed by atoms with Crippen molar-refractivity contribution in [2.45, 2.75) is 6.92 Å². The van der Waals surface area contributed by atoms with E-state index in [1.807, 2.05) is 49.4 Å². The van der Waals surface area contributed by atoms with Crippen molar-refractivity contribution in [3.8, 4) is 11.5 Å². The van der Waals surface area contributed by atoms with Gasteiger partial charge in [-0.25, -0.2) is 5.43 Å². The first-order valence-electron chi connectivity index (χ1n) is 7.20. The minimum Gasteiger partial charge on any atom is -0.454 e. The van der Waals surface area contributed by atoms with Crippen LogP contribution in [0, 0.1) is 0 Å². The number of hydrazone groups is 1. The molecule has 1 aliphatic rings. The zero-order valence-corrected chi connectivity index (χ0v) is 12.7. The molecule has 0 radical (unpaired) electrons. The van der Waals surface area contributed by atoms with Gasteiger partial charge < -0.3 is 9.47 Å². The Morgan fingerprint density at radius 1 is 1.13 bits per heavy atom. The van der Waals surface area contributed by atoms with Crippen molar-refractivity contribution in [1.82, 2.24) is 5.43 Å². The number of hydrogen-bond acceptors (Lipinski definition) is 4. The molecule has 1 heterocycles. The fourth-order valence-electron chi connectivity index (χ4n) is 2.06. The lowest BCUT2D eigenvalue weighted by molar-refractivity contribution is 0.0954. The number of carbonyl (C=O) groups excluding carboxylic acids is 1. The maximum Gasteiger partial charge on any atom is 0.271 e. The maximum atomic E-state index is 12.1. The van der Waals surface area contributed by atoms with Crippen LogP contribution in [0.2, 0.25) is 0 Å². The molecule has 5 nitrogen and oxygen atoms in total. The van der Waals surface area contributed by atoms with E-state index in [1.54, 1.807) is 18.2 Å². The molecule has 0 spiro atoms. The average molecular weight is 308 g/mol. The molecule has 0 saturated heterocycles. The molecule has 0 aliphatic carbocycles. The summed E-state index contributed by atoms with van der Waals surface area (Å²) in [6, 6.07) is 14.9. The highest BCUT2D eigenvalue weighted by Gasteiger charge is 2.15. The van der Waals surface area contributed by atoms with E-state index in [2.05, 4.69) is 10.5 Å². The Morgan fingerprint density at radius 2 is 1.91 bits per heavy atom. The van der Waals surface area contributed by atoms with Crippen LogP contribution in [-0.4, -0.2) is 18.4 Å². The third-order valence-corrected chi connectivity index (χ3v) is 3.29. The number of nitrogens with zero attached hydrogens (tertiary/aromatic N) is 1. The fraction of sp³-hybridized carbons (Fsp3) is 0.111. The van der Waals surface area contributed by atoms with Gasteiger partial charge in [-0.05, 0) is 36.8 Å². The van der Waals surface area contributed by atoms with Crippen LogP contribution in [0.5, 0.6) is 11.5 Å². The summed E-state index contributed by atoms with van der Waals surface area (Å²) < 4.78 is 10.5. The van der Waals surface area contributed by atoms with Crippen LogP contribution >= 0.6 is 0 Å². The number of amides is 1. The normalized spacial score (nSPS) is 13.3. The largest absolute Gasteiger partial charge is 0.454 e. The molecule has 116 valence electrons. The van der Waals surface area contributed by atoms with Gasteiger partial charge in [-0.2, -0.15) is 5.10 Å². The van der Waals surface area contributed by atoms with Gasteiger partial charge in [0.05, 0.1) is 5.71 Å². The van der Waals surface area contributed by atoms with Gasteiger partial charge >= 0.3 is 0 Å². The molecule has 0 aromatic heterocycles. The van der Waals surface area contributed by atoms with Gasteiger partial charge in [0.15, 0.2) is 11.5 Å². The second-order valence-electron chi connectivity index (χ2n) is 5.01. The first-order valence-corrected chi connectivity index (χ1v) is 7.20. The molecule has 0 unspecified atom stereocenters. The van der Waals surface area contributed by atoms with Crippen molar-refractivity contribution < 1.29 is 14.3 Å². The molecule has 3 rings (SSSR count). The Labute approximate surface area is 134 Å². The Hall–Kier alpha value is -3.08. The molecule has 0 bridgehead atoms. The molecule has 0 fully saturated rings. The first kappa shape index (κ1) is 14.8. The van der Waals surface area contributed by atoms with Crippen molar-refractivity contribution in [3.05, 3.63) is 65.7 Å². The van der Waals surface area contributed by atoms with E-state index in [4.69, 9.17) is 9.47 Å². The lowest BCUT2D eigenvalue weighted by Gasteiger charge is -2.02. The van der Waals surface area contributed by atoms with Gasteiger partial charge in [-0.3, -0.25) is 4.79 Å². The molecule has 0 atom stereocenters. The van der Waals surface area contributed by atoms with Crippen molar-refractivity contribution in [1.29, 1.82) is 0 Å². The second-order valence-corrected chi connectivity index (χ2v) is 5.01. The molecule has 23 heavy (non-hydrogen) atoms. The molecule has 0 saturated carbocycles. The van der Waals surface area contributed by atoms with Gasteiger partial charge in [0.2, 0.25) is 6.79 Å². The molecule has 2 aromatic carbocycles. The van der Waals surface area contributed by atoms with E-state index in [-0.39, 0.29) is 12.7 Å². The summed E-state index contributed by atoms with van der Waals surface area (Å²) in [6.45, 7) is 2.00. The minimum absolute atomic E-state index is 0.182. The summed E-state index contributed by atoms with van der Waals surface area (Å²) in [7, 11) is 0. The summed E-state index contributed by atoms with van der Waals surface area (Å²) in [5.74, 6) is 0.921. The van der Waals surface area contributed by atoms with Gasteiger partial charge in [0.1, 0.15) is 0 Å². The van der Waals surface area contributed by atoms with Gasteiger partial charge in [0, 0.05) is 5.56 Å². The number of benzene rings is 2. The lowest BCUT2D eigenvalue weighted by Crippen LogP contribution is -2.18. The smallest absolute Gasteiger partial charge is 0.271 e. The number of nitrogens with one attached hydrogen (secondary N) is 1. The summed E-state index contributed by atoms with van der Waals surface area (Å²) in [6.07, 6.45) is 3.78. The molecule has 1 N–H and O–H groups in total. The Balaban J connectivity index is 1.62. The molecule has 2 aromatic rings. The van der Waals surface area contributed by atoms with E-state index in [0.29, 0.717) is 22.8 Å². The third kappa shape index (κ3) is 3.77. The quantitative estimate of drug-likeness (QED) is 0.697. The standard InChI is InChI=1S/C18H16N2O3/c1-13(7-8-14-5-3-2-4-6-14)19-20-18(21)15-9-10-16-17(11-15)23-12-22-16/h2-11H,12H2,1H3,(H,20,21)/b8-7+,19-13+. The maximum absolute atomic E-state index is 12.1. The fourth-order valence-corrected chi connectivity index (χ4v) is 2.06. The number of rotatable bonds is 4. The van der Waals surface area contributed by atoms with E-state index in [0.717, 1.165) is 5.56 Å². The van der Waals surface area contributed by atoms with Crippen molar-refractivity contribution >= 4 is 17.7 Å². The number of hydrogen-bond donors (Lipinski definition) is 1. The summed E-state index contributed by atoms with van der Waals surface area (Å²) in [5.41, 5.74) is 4.77. The van der Waals surface area contributed by atoms with Crippen LogP contribution < -0.4 is 14.9 Å². The van der Waals surface area contributed by atoms with Crippen LogP contribution in [0.15, 0.2) is 59.7 Å². The second kappa shape index (κ2) is 6.79. The number of ether oxygens (including phenoxy) is 2. The number of allylic oxidation sites excluding steroid dienone is 1. The van der Waals surface area contributed by atoms with Crippen molar-refractivity contribution in [2.75, 3.05) is 6.79 Å². The summed E-state index contributed by atoms with van der Waals surface area (Å²) >= 11 is 0. The van der Waals surface area contributed by atoms with Gasteiger partial charge in [-0.1, -0.05) is 36.4 Å². The van der Waals surface area contributed by atoms with Gasteiger partial charge in [-0.15, -0.1) is 0 Å². The molecule has 1 aliphatic heterocycles. The first-order chi connectivity index (χ1) is 11.2. The van der Waals surface area contributed by atoms with E-state index < -0.39 is 0 Å². The van der Waals surface area contributed by atoms with Crippen LogP contribution in [-0.2, 0) is 0 Å². The van der Waals surface area contributed by atoms with Crippen molar-refractivity contribution in [2.24, 2.45) is 5.10 Å². The predicted octanol–water partition coefficient (Wildman–Crippen LogP) is 3.23. The monoisotopic (exact) mass is 308 g/mol. The number of fused-ring (bicyclic) bond motifs is 1. The highest BCUT2D eigenvalue weighted by Crippen LogP contribution is 2.32. The molecular weight excluding hydrogens is 292 g/mol. The highest BCUT2D eigenvalue weighted by molar-refractivity contribution is 5.99. The Bertz CT molecular complexity index is 767. The van der Waals surface area contributed by atoms with E-state index in [1.165, 1.54) is 0 Å². The van der Waals surface area contributed by atoms with Crippen molar-refractivity contribution in [3.63, 3.8) is 0 Å². The Morgan fingerprint density at radius 3 is 2.74 bits per heavy atom. The molecule has 5 heteroatoms. The summed E-state index contributed by atoms with van der Waals surface area (Å²) in [4.78, 5) is 12.1. The minimum atomic E-state index is -0.296. The third-order valence-electron chi connectivity index (χ3n) is 3.29. The zero-order chi connectivity index (χ0) is 16.1. The summed E-state index contributed by atoms with van der Waals surface area (Å²) in [5, 5.41) is 4.07. The van der Waals surface area contributed by atoms with Crippen LogP contribution in [0.1, 0.15) is 22.8 Å². The topological polar surface area (TPSA) is 59.9 Å².